The standard InChI is InChI=1S/C29H40O2/c1-3-5-8-24-11-13-25(14-12-24)9-6-7-10-26-17-21-28(22-18-26)31-29(30)27-19-15-23(4-2)16-20-27/h6,9,17-18,21-25,27H,3-5,8,11-16,19-20H2,1-2H3/b9-6+. The molecule has 0 amide bonds. The Bertz CT molecular complexity index is 748. The number of benzene rings is 1. The van der Waals surface area contributed by atoms with Gasteiger partial charge >= 0.3 is 5.97 Å². The number of rotatable bonds is 7. The molecule has 1 aromatic rings. The molecule has 2 saturated carbocycles. The highest BCUT2D eigenvalue weighted by Gasteiger charge is 2.27. The minimum atomic E-state index is -0.0688. The van der Waals surface area contributed by atoms with Crippen molar-refractivity contribution < 1.29 is 9.53 Å². The molecule has 0 saturated heterocycles. The number of esters is 1. The molecule has 0 aromatic heterocycles. The van der Waals surface area contributed by atoms with E-state index in [0.717, 1.165) is 43.1 Å². The Labute approximate surface area is 189 Å². The van der Waals surface area contributed by atoms with Gasteiger partial charge in [-0.2, -0.15) is 0 Å². The number of ether oxygens (including phenoxy) is 1. The van der Waals surface area contributed by atoms with Crippen molar-refractivity contribution in [1.29, 1.82) is 0 Å². The number of allylic oxidation sites excluding steroid dienone is 2. The van der Waals surface area contributed by atoms with Crippen molar-refractivity contribution in [3.8, 4) is 17.6 Å². The van der Waals surface area contributed by atoms with Crippen LogP contribution in [0.3, 0.4) is 0 Å². The Morgan fingerprint density at radius 1 is 0.968 bits per heavy atom. The first kappa shape index (κ1) is 23.6. The molecule has 0 bridgehead atoms. The molecule has 168 valence electrons. The van der Waals surface area contributed by atoms with Crippen molar-refractivity contribution in [1.82, 2.24) is 0 Å². The Morgan fingerprint density at radius 2 is 1.65 bits per heavy atom. The second-order valence-corrected chi connectivity index (χ2v) is 9.62. The van der Waals surface area contributed by atoms with Gasteiger partial charge < -0.3 is 4.74 Å². The molecule has 2 heteroatoms. The highest BCUT2D eigenvalue weighted by molar-refractivity contribution is 5.75. The summed E-state index contributed by atoms with van der Waals surface area (Å²) < 4.78 is 5.61. The van der Waals surface area contributed by atoms with E-state index >= 15 is 0 Å². The Hall–Kier alpha value is -2.01. The van der Waals surface area contributed by atoms with E-state index in [1.165, 1.54) is 51.4 Å². The molecular weight excluding hydrogens is 380 g/mol. The molecule has 0 aliphatic heterocycles. The summed E-state index contributed by atoms with van der Waals surface area (Å²) in [6, 6.07) is 7.61. The van der Waals surface area contributed by atoms with Crippen LogP contribution in [0.25, 0.3) is 0 Å². The molecule has 0 radical (unpaired) electrons. The SMILES string of the molecule is CCCCC1CCC(/C=C/C#Cc2ccc(OC(=O)C3CCC(CC)CC3)cc2)CC1. The Balaban J connectivity index is 1.40. The van der Waals surface area contributed by atoms with Crippen molar-refractivity contribution in [3.63, 3.8) is 0 Å². The third-order valence-corrected chi connectivity index (χ3v) is 7.36. The van der Waals surface area contributed by atoms with Gasteiger partial charge in [-0.05, 0) is 99.5 Å². The number of carbonyl (C=O) groups is 1. The zero-order valence-electron chi connectivity index (χ0n) is 19.6. The van der Waals surface area contributed by atoms with Gasteiger partial charge in [0, 0.05) is 5.56 Å². The van der Waals surface area contributed by atoms with Crippen LogP contribution >= 0.6 is 0 Å². The van der Waals surface area contributed by atoms with E-state index in [-0.39, 0.29) is 11.9 Å². The van der Waals surface area contributed by atoms with E-state index in [9.17, 15) is 4.79 Å². The van der Waals surface area contributed by atoms with Crippen LogP contribution in [-0.4, -0.2) is 5.97 Å². The topological polar surface area (TPSA) is 26.3 Å². The lowest BCUT2D eigenvalue weighted by atomic mass is 9.80. The van der Waals surface area contributed by atoms with Crippen LogP contribution < -0.4 is 4.74 Å². The van der Waals surface area contributed by atoms with Crippen LogP contribution in [0.4, 0.5) is 0 Å². The molecule has 2 nitrogen and oxygen atoms in total. The van der Waals surface area contributed by atoms with Gasteiger partial charge in [0.05, 0.1) is 5.92 Å². The fraction of sp³-hybridized carbons (Fsp3) is 0.621. The van der Waals surface area contributed by atoms with E-state index in [1.807, 2.05) is 30.3 Å². The van der Waals surface area contributed by atoms with E-state index < -0.39 is 0 Å². The van der Waals surface area contributed by atoms with Crippen molar-refractivity contribution in [2.24, 2.45) is 23.7 Å². The molecule has 0 heterocycles. The lowest BCUT2D eigenvalue weighted by molar-refractivity contribution is -0.140. The summed E-state index contributed by atoms with van der Waals surface area (Å²) in [5.41, 5.74) is 0.955. The molecule has 0 atom stereocenters. The largest absolute Gasteiger partial charge is 0.426 e. The van der Waals surface area contributed by atoms with Crippen LogP contribution in [0.5, 0.6) is 5.75 Å². The number of hydrogen-bond acceptors (Lipinski definition) is 2. The summed E-state index contributed by atoms with van der Waals surface area (Å²) >= 11 is 0. The third-order valence-electron chi connectivity index (χ3n) is 7.36. The normalized spacial score (nSPS) is 26.3. The smallest absolute Gasteiger partial charge is 0.314 e. The summed E-state index contributed by atoms with van der Waals surface area (Å²) in [6.45, 7) is 4.52. The first-order chi connectivity index (χ1) is 15.2. The third kappa shape index (κ3) is 7.88. The maximum Gasteiger partial charge on any atom is 0.314 e. The van der Waals surface area contributed by atoms with E-state index in [2.05, 4.69) is 31.8 Å². The Kier molecular flexibility index (Phi) is 9.73. The molecule has 2 aliphatic rings. The summed E-state index contributed by atoms with van der Waals surface area (Å²) in [5, 5.41) is 0. The lowest BCUT2D eigenvalue weighted by Crippen LogP contribution is -2.25. The van der Waals surface area contributed by atoms with Gasteiger partial charge in [-0.25, -0.2) is 0 Å². The summed E-state index contributed by atoms with van der Waals surface area (Å²) in [6.07, 6.45) is 19.3. The van der Waals surface area contributed by atoms with Crippen LogP contribution in [0.2, 0.25) is 0 Å². The highest BCUT2D eigenvalue weighted by Crippen LogP contribution is 2.33. The minimum Gasteiger partial charge on any atom is -0.426 e. The molecule has 2 fully saturated rings. The molecule has 1 aromatic carbocycles. The van der Waals surface area contributed by atoms with Crippen LogP contribution in [0.15, 0.2) is 36.4 Å². The van der Waals surface area contributed by atoms with E-state index in [4.69, 9.17) is 4.74 Å². The first-order valence-electron chi connectivity index (χ1n) is 12.7. The zero-order chi connectivity index (χ0) is 21.9. The molecule has 0 N–H and O–H groups in total. The molecule has 2 aliphatic carbocycles. The average Bonchev–Trinajstić information content (AvgIpc) is 2.82. The Morgan fingerprint density at radius 3 is 2.29 bits per heavy atom. The van der Waals surface area contributed by atoms with Crippen molar-refractivity contribution in [3.05, 3.63) is 42.0 Å². The van der Waals surface area contributed by atoms with Crippen molar-refractivity contribution >= 4 is 5.97 Å². The number of carbonyl (C=O) groups excluding carboxylic acids is 1. The lowest BCUT2D eigenvalue weighted by Gasteiger charge is -2.26. The fourth-order valence-electron chi connectivity index (χ4n) is 5.08. The maximum absolute atomic E-state index is 12.4. The number of hydrogen-bond donors (Lipinski definition) is 0. The van der Waals surface area contributed by atoms with Crippen LogP contribution in [0, 0.1) is 35.5 Å². The molecule has 0 unspecified atom stereocenters. The second kappa shape index (κ2) is 12.7. The highest BCUT2D eigenvalue weighted by atomic mass is 16.5. The summed E-state index contributed by atoms with van der Waals surface area (Å²) in [7, 11) is 0. The van der Waals surface area contributed by atoms with Crippen LogP contribution in [-0.2, 0) is 4.79 Å². The van der Waals surface area contributed by atoms with E-state index in [1.54, 1.807) is 0 Å². The van der Waals surface area contributed by atoms with Crippen LogP contribution in [0.1, 0.15) is 96.5 Å². The predicted molar refractivity (Wildman–Crippen MR) is 129 cm³/mol. The van der Waals surface area contributed by atoms with Gasteiger partial charge in [0.15, 0.2) is 0 Å². The van der Waals surface area contributed by atoms with Gasteiger partial charge in [-0.1, -0.05) is 57.4 Å². The van der Waals surface area contributed by atoms with Gasteiger partial charge in [0.2, 0.25) is 0 Å². The second-order valence-electron chi connectivity index (χ2n) is 9.62. The quantitative estimate of drug-likeness (QED) is 0.256. The number of unbranched alkanes of at least 4 members (excludes halogenated alkanes) is 1. The fourth-order valence-corrected chi connectivity index (χ4v) is 5.08. The monoisotopic (exact) mass is 420 g/mol. The maximum atomic E-state index is 12.4. The van der Waals surface area contributed by atoms with Gasteiger partial charge in [-0.15, -0.1) is 0 Å². The van der Waals surface area contributed by atoms with Gasteiger partial charge in [-0.3, -0.25) is 4.79 Å². The van der Waals surface area contributed by atoms with E-state index in [0.29, 0.717) is 11.7 Å². The molecule has 3 rings (SSSR count). The summed E-state index contributed by atoms with van der Waals surface area (Å²) in [5.74, 6) is 9.44. The summed E-state index contributed by atoms with van der Waals surface area (Å²) in [4.78, 5) is 12.4. The molecule has 0 spiro atoms. The van der Waals surface area contributed by atoms with Gasteiger partial charge in [0.25, 0.3) is 0 Å². The molecule has 31 heavy (non-hydrogen) atoms. The average molecular weight is 421 g/mol. The first-order valence-corrected chi connectivity index (χ1v) is 12.7. The minimum absolute atomic E-state index is 0.0640. The van der Waals surface area contributed by atoms with Crippen molar-refractivity contribution in [2.45, 2.75) is 90.9 Å². The predicted octanol–water partition coefficient (Wildman–Crippen LogP) is 7.71. The zero-order valence-corrected chi connectivity index (χ0v) is 19.6. The van der Waals surface area contributed by atoms with Crippen molar-refractivity contribution in [2.75, 3.05) is 0 Å². The van der Waals surface area contributed by atoms with Gasteiger partial charge in [0.1, 0.15) is 5.75 Å². The molecular formula is C29H40O2.